The molecule has 1 aromatic rings. The Hall–Kier alpha value is -1.14. The minimum atomic E-state index is -4.14. The van der Waals surface area contributed by atoms with Crippen LogP contribution in [0.2, 0.25) is 5.02 Å². The zero-order chi connectivity index (χ0) is 13.9. The molecule has 7 heteroatoms. The number of ether oxygens (including phenoxy) is 2. The predicted molar refractivity (Wildman–Crippen MR) is 64.8 cm³/mol. The lowest BCUT2D eigenvalue weighted by Crippen LogP contribution is -2.21. The third-order valence-corrected chi connectivity index (χ3v) is 2.85. The second kappa shape index (κ2) is 5.88. The topological polar surface area (TPSA) is 30.5 Å². The number of fused-ring (bicyclic) bond motifs is 1. The van der Waals surface area contributed by atoms with Crippen LogP contribution in [0, 0.1) is 0 Å². The zero-order valence-corrected chi connectivity index (χ0v) is 10.8. The number of hydrogen-bond acceptors (Lipinski definition) is 3. The predicted octanol–water partition coefficient (Wildman–Crippen LogP) is 3.15. The Balaban J connectivity index is 1.92. The summed E-state index contributed by atoms with van der Waals surface area (Å²) in [6.45, 7) is 1.05. The van der Waals surface area contributed by atoms with Crippen molar-refractivity contribution in [2.45, 2.75) is 19.1 Å². The van der Waals surface area contributed by atoms with Gasteiger partial charge in [0.2, 0.25) is 0 Å². The van der Waals surface area contributed by atoms with Gasteiger partial charge in [0, 0.05) is 13.1 Å². The van der Waals surface area contributed by atoms with Crippen LogP contribution in [0.25, 0.3) is 0 Å². The molecule has 3 nitrogen and oxygen atoms in total. The summed E-state index contributed by atoms with van der Waals surface area (Å²) in [5.41, 5.74) is 0.761. The highest BCUT2D eigenvalue weighted by molar-refractivity contribution is 6.32. The first-order valence-corrected chi connectivity index (χ1v) is 6.19. The highest BCUT2D eigenvalue weighted by Gasteiger charge is 2.26. The van der Waals surface area contributed by atoms with Gasteiger partial charge < -0.3 is 14.8 Å². The molecule has 0 radical (unpaired) electrons. The monoisotopic (exact) mass is 295 g/mol. The Bertz CT molecular complexity index is 451. The van der Waals surface area contributed by atoms with Crippen molar-refractivity contribution < 1.29 is 22.6 Å². The molecule has 19 heavy (non-hydrogen) atoms. The fourth-order valence-corrected chi connectivity index (χ4v) is 2.02. The molecule has 2 rings (SSSR count). The van der Waals surface area contributed by atoms with Crippen molar-refractivity contribution in [3.05, 3.63) is 22.7 Å². The van der Waals surface area contributed by atoms with E-state index in [0.717, 1.165) is 5.56 Å². The largest absolute Gasteiger partial charge is 0.486 e. The molecule has 0 aromatic heterocycles. The highest BCUT2D eigenvalue weighted by atomic mass is 35.5. The molecule has 0 fully saturated rings. The molecular weight excluding hydrogens is 283 g/mol. The molecule has 1 aliphatic rings. The summed E-state index contributed by atoms with van der Waals surface area (Å²) >= 11 is 6.02. The fraction of sp³-hybridized carbons (Fsp3) is 0.500. The lowest BCUT2D eigenvalue weighted by Gasteiger charge is -2.20. The average Bonchev–Trinajstić information content (AvgIpc) is 2.34. The molecule has 0 amide bonds. The number of nitrogens with one attached hydrogen (secondary N) is 1. The molecular formula is C12H13ClF3NO2. The minimum Gasteiger partial charge on any atom is -0.486 e. The van der Waals surface area contributed by atoms with Crippen LogP contribution < -0.4 is 14.8 Å². The third-order valence-electron chi connectivity index (χ3n) is 2.57. The van der Waals surface area contributed by atoms with E-state index in [2.05, 4.69) is 5.32 Å². The standard InChI is InChI=1S/C12H13ClF3NO2/c13-9-5-8(7-17-2-1-12(14,15)16)6-10-11(9)19-4-3-18-10/h5-6,17H,1-4,7H2. The van der Waals surface area contributed by atoms with E-state index in [9.17, 15) is 13.2 Å². The molecule has 0 saturated carbocycles. The molecule has 0 bridgehead atoms. The lowest BCUT2D eigenvalue weighted by molar-refractivity contribution is -0.133. The molecule has 1 aromatic carbocycles. The number of halogens is 4. The van der Waals surface area contributed by atoms with Gasteiger partial charge in [-0.1, -0.05) is 11.6 Å². The van der Waals surface area contributed by atoms with E-state index in [0.29, 0.717) is 36.3 Å². The van der Waals surface area contributed by atoms with Gasteiger partial charge >= 0.3 is 6.18 Å². The van der Waals surface area contributed by atoms with Crippen molar-refractivity contribution in [3.63, 3.8) is 0 Å². The van der Waals surface area contributed by atoms with E-state index in [-0.39, 0.29) is 6.54 Å². The van der Waals surface area contributed by atoms with Crippen molar-refractivity contribution in [2.24, 2.45) is 0 Å². The molecule has 1 aliphatic heterocycles. The Morgan fingerprint density at radius 2 is 1.95 bits per heavy atom. The van der Waals surface area contributed by atoms with Crippen LogP contribution in [0.4, 0.5) is 13.2 Å². The van der Waals surface area contributed by atoms with Crippen molar-refractivity contribution in [1.82, 2.24) is 5.32 Å². The maximum absolute atomic E-state index is 12.0. The summed E-state index contributed by atoms with van der Waals surface area (Å²) in [7, 11) is 0. The molecule has 0 saturated heterocycles. The number of rotatable bonds is 4. The second-order valence-electron chi connectivity index (χ2n) is 4.14. The summed E-state index contributed by atoms with van der Waals surface area (Å²) < 4.78 is 46.7. The number of alkyl halides is 3. The minimum absolute atomic E-state index is 0.129. The summed E-state index contributed by atoms with van der Waals surface area (Å²) in [6.07, 6.45) is -5.00. The second-order valence-corrected chi connectivity index (χ2v) is 4.55. The van der Waals surface area contributed by atoms with E-state index in [4.69, 9.17) is 21.1 Å². The van der Waals surface area contributed by atoms with Crippen molar-refractivity contribution >= 4 is 11.6 Å². The Labute approximate surface area is 113 Å². The van der Waals surface area contributed by atoms with Gasteiger partial charge in [0.25, 0.3) is 0 Å². The smallest absolute Gasteiger partial charge is 0.390 e. The van der Waals surface area contributed by atoms with Crippen molar-refractivity contribution in [2.75, 3.05) is 19.8 Å². The van der Waals surface area contributed by atoms with Gasteiger partial charge in [0.1, 0.15) is 13.2 Å². The first-order valence-electron chi connectivity index (χ1n) is 5.81. The van der Waals surface area contributed by atoms with Gasteiger partial charge in [0.05, 0.1) is 11.4 Å². The van der Waals surface area contributed by atoms with E-state index >= 15 is 0 Å². The zero-order valence-electron chi connectivity index (χ0n) is 10.0. The van der Waals surface area contributed by atoms with Crippen LogP contribution in [-0.2, 0) is 6.54 Å². The number of benzene rings is 1. The average molecular weight is 296 g/mol. The molecule has 1 N–H and O–H groups in total. The Kier molecular flexibility index (Phi) is 4.42. The van der Waals surface area contributed by atoms with Crippen LogP contribution >= 0.6 is 11.6 Å². The summed E-state index contributed by atoms with van der Waals surface area (Å²) in [5, 5.41) is 3.12. The number of hydrogen-bond donors (Lipinski definition) is 1. The van der Waals surface area contributed by atoms with E-state index in [1.165, 1.54) is 0 Å². The fourth-order valence-electron chi connectivity index (χ4n) is 1.73. The van der Waals surface area contributed by atoms with Gasteiger partial charge in [-0.15, -0.1) is 0 Å². The Morgan fingerprint density at radius 3 is 2.68 bits per heavy atom. The maximum atomic E-state index is 12.0. The van der Waals surface area contributed by atoms with E-state index < -0.39 is 12.6 Å². The Morgan fingerprint density at radius 1 is 1.21 bits per heavy atom. The molecule has 106 valence electrons. The normalized spacial score (nSPS) is 14.5. The summed E-state index contributed by atoms with van der Waals surface area (Å²) in [4.78, 5) is 0. The quantitative estimate of drug-likeness (QED) is 0.866. The molecule has 0 atom stereocenters. The van der Waals surface area contributed by atoms with Gasteiger partial charge in [-0.3, -0.25) is 0 Å². The van der Waals surface area contributed by atoms with E-state index in [1.807, 2.05) is 0 Å². The van der Waals surface area contributed by atoms with Gasteiger partial charge in [-0.05, 0) is 17.7 Å². The SMILES string of the molecule is FC(F)(F)CCNCc1cc(Cl)c2c(c1)OCCO2. The summed E-state index contributed by atoms with van der Waals surface area (Å²) in [6, 6.07) is 3.39. The first-order chi connectivity index (χ1) is 8.96. The third kappa shape index (κ3) is 4.18. The van der Waals surface area contributed by atoms with Crippen LogP contribution in [-0.4, -0.2) is 25.9 Å². The van der Waals surface area contributed by atoms with Gasteiger partial charge in [-0.2, -0.15) is 13.2 Å². The molecule has 0 spiro atoms. The maximum Gasteiger partial charge on any atom is 0.390 e. The van der Waals surface area contributed by atoms with Gasteiger partial charge in [-0.25, -0.2) is 0 Å². The van der Waals surface area contributed by atoms with Crippen LogP contribution in [0.5, 0.6) is 11.5 Å². The summed E-state index contributed by atoms with van der Waals surface area (Å²) in [5.74, 6) is 1.03. The van der Waals surface area contributed by atoms with Crippen molar-refractivity contribution in [3.8, 4) is 11.5 Å². The van der Waals surface area contributed by atoms with Crippen LogP contribution in [0.3, 0.4) is 0 Å². The van der Waals surface area contributed by atoms with Gasteiger partial charge in [0.15, 0.2) is 11.5 Å². The highest BCUT2D eigenvalue weighted by Crippen LogP contribution is 2.38. The molecule has 0 unspecified atom stereocenters. The lowest BCUT2D eigenvalue weighted by atomic mass is 10.2. The first kappa shape index (κ1) is 14.3. The molecule has 1 heterocycles. The molecule has 0 aliphatic carbocycles. The van der Waals surface area contributed by atoms with E-state index in [1.54, 1.807) is 12.1 Å². The van der Waals surface area contributed by atoms with Crippen LogP contribution in [0.1, 0.15) is 12.0 Å². The van der Waals surface area contributed by atoms with Crippen molar-refractivity contribution in [1.29, 1.82) is 0 Å². The van der Waals surface area contributed by atoms with Crippen LogP contribution in [0.15, 0.2) is 12.1 Å².